The third kappa shape index (κ3) is 3.78. The molecule has 0 saturated heterocycles. The Balaban J connectivity index is 1.37. The maximum Gasteiger partial charge on any atom is 0.119 e. The summed E-state index contributed by atoms with van der Waals surface area (Å²) in [5, 5.41) is 3.72. The van der Waals surface area contributed by atoms with E-state index in [1.807, 2.05) is 6.07 Å². The molecule has 0 atom stereocenters. The lowest BCUT2D eigenvalue weighted by Crippen LogP contribution is -2.43. The summed E-state index contributed by atoms with van der Waals surface area (Å²) < 4.78 is 5.31. The van der Waals surface area contributed by atoms with E-state index in [0.29, 0.717) is 12.0 Å². The summed E-state index contributed by atoms with van der Waals surface area (Å²) >= 11 is 0. The van der Waals surface area contributed by atoms with Gasteiger partial charge < -0.3 is 10.1 Å². The Labute approximate surface area is 128 Å². The summed E-state index contributed by atoms with van der Waals surface area (Å²) in [4.78, 5) is 2.62. The highest BCUT2D eigenvalue weighted by atomic mass is 16.5. The van der Waals surface area contributed by atoms with Crippen molar-refractivity contribution >= 4 is 0 Å². The standard InChI is InChI=1S/C18H28N2O/c1-3-20(17-7-8-17)10-9-19-16-11-15(12-16)14-5-4-6-18(13-14)21-2/h4-6,13,15-17,19H,3,7-12H2,1-2H3. The minimum Gasteiger partial charge on any atom is -0.497 e. The number of benzene rings is 1. The van der Waals surface area contributed by atoms with Crippen LogP contribution in [-0.2, 0) is 0 Å². The van der Waals surface area contributed by atoms with Gasteiger partial charge >= 0.3 is 0 Å². The molecule has 1 aromatic carbocycles. The first-order valence-corrected chi connectivity index (χ1v) is 8.41. The van der Waals surface area contributed by atoms with E-state index in [1.165, 1.54) is 44.3 Å². The van der Waals surface area contributed by atoms with E-state index in [4.69, 9.17) is 4.74 Å². The van der Waals surface area contributed by atoms with Crippen molar-refractivity contribution in [3.05, 3.63) is 29.8 Å². The Bertz CT molecular complexity index is 452. The van der Waals surface area contributed by atoms with E-state index in [-0.39, 0.29) is 0 Å². The number of methoxy groups -OCH3 is 1. The SMILES string of the molecule is CCN(CCNC1CC(c2cccc(OC)c2)C1)C1CC1. The molecule has 0 aromatic heterocycles. The molecule has 0 amide bonds. The van der Waals surface area contributed by atoms with E-state index in [2.05, 4.69) is 35.3 Å². The fourth-order valence-corrected chi connectivity index (χ4v) is 3.40. The highest BCUT2D eigenvalue weighted by Crippen LogP contribution is 2.37. The second-order valence-corrected chi connectivity index (χ2v) is 6.46. The Morgan fingerprint density at radius 1 is 1.29 bits per heavy atom. The minimum absolute atomic E-state index is 0.708. The predicted octanol–water partition coefficient (Wildman–Crippen LogP) is 3.02. The number of likely N-dealkylation sites (N-methyl/N-ethyl adjacent to an activating group) is 1. The molecule has 3 nitrogen and oxygen atoms in total. The molecule has 116 valence electrons. The molecule has 2 aliphatic rings. The zero-order valence-electron chi connectivity index (χ0n) is 13.3. The lowest BCUT2D eigenvalue weighted by Gasteiger charge is -2.37. The summed E-state index contributed by atoms with van der Waals surface area (Å²) in [7, 11) is 1.74. The second-order valence-electron chi connectivity index (χ2n) is 6.46. The predicted molar refractivity (Wildman–Crippen MR) is 87.0 cm³/mol. The van der Waals surface area contributed by atoms with Crippen molar-refractivity contribution in [1.29, 1.82) is 0 Å². The summed E-state index contributed by atoms with van der Waals surface area (Å²) in [5.74, 6) is 1.69. The summed E-state index contributed by atoms with van der Waals surface area (Å²) in [6, 6.07) is 10.1. The zero-order chi connectivity index (χ0) is 14.7. The lowest BCUT2D eigenvalue weighted by molar-refractivity contribution is 0.243. The summed E-state index contributed by atoms with van der Waals surface area (Å²) in [5.41, 5.74) is 1.43. The average molecular weight is 288 g/mol. The lowest BCUT2D eigenvalue weighted by atomic mass is 9.76. The van der Waals surface area contributed by atoms with Crippen LogP contribution in [0.15, 0.2) is 24.3 Å². The van der Waals surface area contributed by atoms with Crippen LogP contribution in [0, 0.1) is 0 Å². The molecule has 2 fully saturated rings. The van der Waals surface area contributed by atoms with Gasteiger partial charge in [0.15, 0.2) is 0 Å². The van der Waals surface area contributed by atoms with Crippen LogP contribution in [0.3, 0.4) is 0 Å². The first kappa shape index (κ1) is 14.9. The highest BCUT2D eigenvalue weighted by molar-refractivity contribution is 5.32. The molecular formula is C18H28N2O. The molecule has 0 bridgehead atoms. The van der Waals surface area contributed by atoms with Crippen molar-refractivity contribution in [2.45, 2.75) is 50.6 Å². The molecule has 0 aliphatic heterocycles. The molecule has 21 heavy (non-hydrogen) atoms. The topological polar surface area (TPSA) is 24.5 Å². The molecular weight excluding hydrogens is 260 g/mol. The van der Waals surface area contributed by atoms with Gasteiger partial charge in [-0.3, -0.25) is 4.90 Å². The van der Waals surface area contributed by atoms with Gasteiger partial charge in [0.25, 0.3) is 0 Å². The molecule has 1 N–H and O–H groups in total. The van der Waals surface area contributed by atoms with Crippen LogP contribution < -0.4 is 10.1 Å². The number of ether oxygens (including phenoxy) is 1. The van der Waals surface area contributed by atoms with Crippen molar-refractivity contribution in [3.63, 3.8) is 0 Å². The molecule has 3 heteroatoms. The fraction of sp³-hybridized carbons (Fsp3) is 0.667. The smallest absolute Gasteiger partial charge is 0.119 e. The molecule has 0 unspecified atom stereocenters. The van der Waals surface area contributed by atoms with Crippen LogP contribution in [0.4, 0.5) is 0 Å². The van der Waals surface area contributed by atoms with Crippen molar-refractivity contribution < 1.29 is 4.74 Å². The molecule has 0 heterocycles. The van der Waals surface area contributed by atoms with Crippen LogP contribution in [0.1, 0.15) is 44.1 Å². The molecule has 0 radical (unpaired) electrons. The van der Waals surface area contributed by atoms with Crippen LogP contribution in [0.25, 0.3) is 0 Å². The van der Waals surface area contributed by atoms with Crippen LogP contribution >= 0.6 is 0 Å². The largest absolute Gasteiger partial charge is 0.497 e. The number of rotatable bonds is 8. The number of nitrogens with zero attached hydrogens (tertiary/aromatic N) is 1. The number of nitrogens with one attached hydrogen (secondary N) is 1. The van der Waals surface area contributed by atoms with Crippen molar-refractivity contribution in [2.24, 2.45) is 0 Å². The van der Waals surface area contributed by atoms with Crippen LogP contribution in [-0.4, -0.2) is 43.7 Å². The van der Waals surface area contributed by atoms with E-state index < -0.39 is 0 Å². The molecule has 0 spiro atoms. The van der Waals surface area contributed by atoms with Gasteiger partial charge in [-0.1, -0.05) is 19.1 Å². The van der Waals surface area contributed by atoms with Crippen LogP contribution in [0.5, 0.6) is 5.75 Å². The van der Waals surface area contributed by atoms with Gasteiger partial charge in [0, 0.05) is 25.2 Å². The third-order valence-electron chi connectivity index (χ3n) is 5.00. The molecule has 2 saturated carbocycles. The molecule has 1 aromatic rings. The van der Waals surface area contributed by atoms with Gasteiger partial charge in [-0.2, -0.15) is 0 Å². The van der Waals surface area contributed by atoms with Gasteiger partial charge in [0.05, 0.1) is 7.11 Å². The van der Waals surface area contributed by atoms with Crippen molar-refractivity contribution in [3.8, 4) is 5.75 Å². The minimum atomic E-state index is 0.708. The number of hydrogen-bond acceptors (Lipinski definition) is 3. The monoisotopic (exact) mass is 288 g/mol. The van der Waals surface area contributed by atoms with Crippen molar-refractivity contribution in [2.75, 3.05) is 26.7 Å². The Hall–Kier alpha value is -1.06. The Kier molecular flexibility index (Phi) is 4.81. The van der Waals surface area contributed by atoms with Gasteiger partial charge in [0.1, 0.15) is 5.75 Å². The highest BCUT2D eigenvalue weighted by Gasteiger charge is 2.31. The zero-order valence-corrected chi connectivity index (χ0v) is 13.3. The van der Waals surface area contributed by atoms with Crippen LogP contribution in [0.2, 0.25) is 0 Å². The van der Waals surface area contributed by atoms with Crippen molar-refractivity contribution in [1.82, 2.24) is 10.2 Å². The molecule has 3 rings (SSSR count). The van der Waals surface area contributed by atoms with E-state index in [1.54, 1.807) is 7.11 Å². The Morgan fingerprint density at radius 3 is 2.76 bits per heavy atom. The fourth-order valence-electron chi connectivity index (χ4n) is 3.40. The second kappa shape index (κ2) is 6.80. The van der Waals surface area contributed by atoms with Gasteiger partial charge in [-0.15, -0.1) is 0 Å². The van der Waals surface area contributed by atoms with E-state index in [9.17, 15) is 0 Å². The maximum absolute atomic E-state index is 5.31. The van der Waals surface area contributed by atoms with Gasteiger partial charge in [-0.05, 0) is 55.8 Å². The normalized spacial score (nSPS) is 24.9. The van der Waals surface area contributed by atoms with Gasteiger partial charge in [-0.25, -0.2) is 0 Å². The molecule has 2 aliphatic carbocycles. The Morgan fingerprint density at radius 2 is 2.10 bits per heavy atom. The first-order valence-electron chi connectivity index (χ1n) is 8.41. The number of hydrogen-bond donors (Lipinski definition) is 1. The summed E-state index contributed by atoms with van der Waals surface area (Å²) in [6.45, 7) is 5.82. The van der Waals surface area contributed by atoms with E-state index >= 15 is 0 Å². The van der Waals surface area contributed by atoms with Gasteiger partial charge in [0.2, 0.25) is 0 Å². The summed E-state index contributed by atoms with van der Waals surface area (Å²) in [6.07, 6.45) is 5.36. The maximum atomic E-state index is 5.31. The third-order valence-corrected chi connectivity index (χ3v) is 5.00. The quantitative estimate of drug-likeness (QED) is 0.796. The average Bonchev–Trinajstić information content (AvgIpc) is 3.30. The van der Waals surface area contributed by atoms with E-state index in [0.717, 1.165) is 18.3 Å². The first-order chi connectivity index (χ1) is 10.3.